The Balaban J connectivity index is 1.64. The summed E-state index contributed by atoms with van der Waals surface area (Å²) in [6, 6.07) is 4.01. The molecule has 1 fully saturated rings. The highest BCUT2D eigenvalue weighted by atomic mass is 16.5. The molecule has 3 rings (SSSR count). The molecule has 0 bridgehead atoms. The number of aromatic amines is 1. The lowest BCUT2D eigenvalue weighted by Gasteiger charge is -2.18. The second kappa shape index (κ2) is 6.05. The van der Waals surface area contributed by atoms with Gasteiger partial charge in [0.25, 0.3) is 5.91 Å². The van der Waals surface area contributed by atoms with Crippen molar-refractivity contribution in [2.24, 2.45) is 5.92 Å². The topological polar surface area (TPSA) is 79.9 Å². The van der Waals surface area contributed by atoms with Crippen molar-refractivity contribution in [3.63, 3.8) is 0 Å². The van der Waals surface area contributed by atoms with Crippen molar-refractivity contribution >= 4 is 5.91 Å². The van der Waals surface area contributed by atoms with E-state index in [4.69, 9.17) is 4.74 Å². The zero-order valence-corrected chi connectivity index (χ0v) is 11.9. The number of hydrogen-bond donors (Lipinski definition) is 2. The van der Waals surface area contributed by atoms with Crippen molar-refractivity contribution < 1.29 is 9.53 Å². The maximum Gasteiger partial charge on any atom is 0.272 e. The molecule has 6 heteroatoms. The van der Waals surface area contributed by atoms with Crippen molar-refractivity contribution in [3.8, 4) is 0 Å². The van der Waals surface area contributed by atoms with E-state index in [0.29, 0.717) is 18.9 Å². The summed E-state index contributed by atoms with van der Waals surface area (Å²) in [6.45, 7) is 3.04. The average Bonchev–Trinajstić information content (AvgIpc) is 3.10. The Kier molecular flexibility index (Phi) is 3.96. The van der Waals surface area contributed by atoms with Crippen LogP contribution in [0.3, 0.4) is 0 Å². The van der Waals surface area contributed by atoms with E-state index in [0.717, 1.165) is 12.1 Å². The summed E-state index contributed by atoms with van der Waals surface area (Å²) in [4.78, 5) is 23.2. The number of carbonyl (C=O) groups excluding carboxylic acids is 1. The number of aromatic nitrogens is 3. The first-order valence-electron chi connectivity index (χ1n) is 7.01. The van der Waals surface area contributed by atoms with E-state index in [1.807, 2.05) is 19.1 Å². The van der Waals surface area contributed by atoms with Gasteiger partial charge in [-0.1, -0.05) is 0 Å². The minimum Gasteiger partial charge on any atom is -0.379 e. The number of amides is 1. The second-order valence-electron chi connectivity index (χ2n) is 5.31. The molecule has 0 aromatic carbocycles. The number of nitrogens with zero attached hydrogens (tertiary/aromatic N) is 2. The molecule has 1 saturated heterocycles. The molecule has 2 aromatic rings. The van der Waals surface area contributed by atoms with Crippen molar-refractivity contribution in [1.29, 1.82) is 0 Å². The van der Waals surface area contributed by atoms with Crippen molar-refractivity contribution in [1.82, 2.24) is 20.3 Å². The maximum atomic E-state index is 12.2. The van der Waals surface area contributed by atoms with E-state index in [1.54, 1.807) is 12.4 Å². The zero-order chi connectivity index (χ0) is 14.7. The summed E-state index contributed by atoms with van der Waals surface area (Å²) in [6.07, 6.45) is 5.97. The van der Waals surface area contributed by atoms with E-state index < -0.39 is 0 Å². The van der Waals surface area contributed by atoms with Crippen LogP contribution in [-0.2, 0) is 11.2 Å². The third kappa shape index (κ3) is 3.11. The highest BCUT2D eigenvalue weighted by Gasteiger charge is 2.30. The molecule has 1 aliphatic heterocycles. The number of pyridine rings is 1. The lowest BCUT2D eigenvalue weighted by Crippen LogP contribution is -2.41. The molecule has 110 valence electrons. The summed E-state index contributed by atoms with van der Waals surface area (Å²) in [5, 5.41) is 3.03. The Bertz CT molecular complexity index is 611. The molecule has 2 atom stereocenters. The molecule has 2 aromatic heterocycles. The molecule has 2 N–H and O–H groups in total. The van der Waals surface area contributed by atoms with Gasteiger partial charge in [-0.2, -0.15) is 0 Å². The molecule has 21 heavy (non-hydrogen) atoms. The highest BCUT2D eigenvalue weighted by molar-refractivity contribution is 5.93. The van der Waals surface area contributed by atoms with Gasteiger partial charge in [-0.05, 0) is 31.0 Å². The Hall–Kier alpha value is -2.21. The van der Waals surface area contributed by atoms with Crippen molar-refractivity contribution in [3.05, 3.63) is 47.8 Å². The first-order valence-corrected chi connectivity index (χ1v) is 7.01. The fourth-order valence-electron chi connectivity index (χ4n) is 2.61. The monoisotopic (exact) mass is 286 g/mol. The lowest BCUT2D eigenvalue weighted by molar-refractivity contribution is 0.0920. The van der Waals surface area contributed by atoms with Gasteiger partial charge in [-0.25, -0.2) is 4.98 Å². The summed E-state index contributed by atoms with van der Waals surface area (Å²) in [5.74, 6) is 0.125. The van der Waals surface area contributed by atoms with Gasteiger partial charge in [0.05, 0.1) is 25.6 Å². The van der Waals surface area contributed by atoms with E-state index >= 15 is 0 Å². The van der Waals surface area contributed by atoms with Crippen molar-refractivity contribution in [2.75, 3.05) is 13.2 Å². The van der Waals surface area contributed by atoms with Crippen LogP contribution in [0.15, 0.2) is 30.9 Å². The van der Waals surface area contributed by atoms with Gasteiger partial charge in [0.15, 0.2) is 0 Å². The van der Waals surface area contributed by atoms with Crippen LogP contribution < -0.4 is 5.32 Å². The Morgan fingerprint density at radius 3 is 2.95 bits per heavy atom. The standard InChI is InChI=1S/C15H18N4O2/c1-10-14(18-9-17-10)15(20)19-13-8-21-7-12(13)6-11-2-4-16-5-3-11/h2-5,9,12-13H,6-8H2,1H3,(H,17,18)(H,19,20)/t12-,13-/m1/s1. The Morgan fingerprint density at radius 1 is 1.43 bits per heavy atom. The van der Waals surface area contributed by atoms with Crippen LogP contribution in [0.25, 0.3) is 0 Å². The van der Waals surface area contributed by atoms with E-state index in [9.17, 15) is 4.79 Å². The molecule has 0 saturated carbocycles. The number of ether oxygens (including phenoxy) is 1. The fraction of sp³-hybridized carbons (Fsp3) is 0.400. The summed E-state index contributed by atoms with van der Waals surface area (Å²) >= 11 is 0. The Labute approximate surface area is 123 Å². The largest absolute Gasteiger partial charge is 0.379 e. The average molecular weight is 286 g/mol. The molecule has 1 amide bonds. The Morgan fingerprint density at radius 2 is 2.24 bits per heavy atom. The SMILES string of the molecule is Cc1[nH]cnc1C(=O)N[C@@H]1COC[C@H]1Cc1ccncc1. The number of H-pyrrole nitrogens is 1. The number of imidazole rings is 1. The number of nitrogens with one attached hydrogen (secondary N) is 2. The minimum absolute atomic E-state index is 0.0155. The quantitative estimate of drug-likeness (QED) is 0.882. The minimum atomic E-state index is -0.149. The normalized spacial score (nSPS) is 21.4. The highest BCUT2D eigenvalue weighted by Crippen LogP contribution is 2.19. The van der Waals surface area contributed by atoms with Gasteiger partial charge < -0.3 is 15.0 Å². The number of carbonyl (C=O) groups is 1. The number of aryl methyl sites for hydroxylation is 1. The fourth-order valence-corrected chi connectivity index (χ4v) is 2.61. The van der Waals surface area contributed by atoms with Gasteiger partial charge in [-0.15, -0.1) is 0 Å². The lowest BCUT2D eigenvalue weighted by atomic mass is 9.95. The van der Waals surface area contributed by atoms with Gasteiger partial charge in [0.2, 0.25) is 0 Å². The molecule has 0 spiro atoms. The van der Waals surface area contributed by atoms with E-state index in [-0.39, 0.29) is 17.9 Å². The van der Waals surface area contributed by atoms with E-state index in [1.165, 1.54) is 11.9 Å². The van der Waals surface area contributed by atoms with Gasteiger partial charge in [0.1, 0.15) is 5.69 Å². The predicted molar refractivity (Wildman–Crippen MR) is 76.8 cm³/mol. The molecule has 0 unspecified atom stereocenters. The second-order valence-corrected chi connectivity index (χ2v) is 5.31. The maximum absolute atomic E-state index is 12.2. The van der Waals surface area contributed by atoms with Gasteiger partial charge in [-0.3, -0.25) is 9.78 Å². The number of rotatable bonds is 4. The third-order valence-corrected chi connectivity index (χ3v) is 3.81. The number of hydrogen-bond acceptors (Lipinski definition) is 4. The van der Waals surface area contributed by atoms with Crippen molar-refractivity contribution in [2.45, 2.75) is 19.4 Å². The van der Waals surface area contributed by atoms with Crippen LogP contribution in [0.2, 0.25) is 0 Å². The summed E-state index contributed by atoms with van der Waals surface area (Å²) in [7, 11) is 0. The zero-order valence-electron chi connectivity index (χ0n) is 11.9. The van der Waals surface area contributed by atoms with E-state index in [2.05, 4.69) is 20.3 Å². The van der Waals surface area contributed by atoms with Crippen LogP contribution >= 0.6 is 0 Å². The first kappa shape index (κ1) is 13.8. The molecule has 3 heterocycles. The van der Waals surface area contributed by atoms with Crippen LogP contribution in [-0.4, -0.2) is 40.1 Å². The van der Waals surface area contributed by atoms with Gasteiger partial charge >= 0.3 is 0 Å². The van der Waals surface area contributed by atoms with Crippen LogP contribution in [0, 0.1) is 12.8 Å². The van der Waals surface area contributed by atoms with Crippen LogP contribution in [0.4, 0.5) is 0 Å². The van der Waals surface area contributed by atoms with Crippen LogP contribution in [0.5, 0.6) is 0 Å². The third-order valence-electron chi connectivity index (χ3n) is 3.81. The predicted octanol–water partition coefficient (Wildman–Crippen LogP) is 1.10. The molecule has 0 aliphatic carbocycles. The van der Waals surface area contributed by atoms with Crippen LogP contribution in [0.1, 0.15) is 21.7 Å². The summed E-state index contributed by atoms with van der Waals surface area (Å²) in [5.41, 5.74) is 2.43. The smallest absolute Gasteiger partial charge is 0.272 e. The first-order chi connectivity index (χ1) is 10.2. The molecule has 0 radical (unpaired) electrons. The molecular formula is C15H18N4O2. The molecular weight excluding hydrogens is 268 g/mol. The molecule has 1 aliphatic rings. The summed E-state index contributed by atoms with van der Waals surface area (Å²) < 4.78 is 5.53. The molecule has 6 nitrogen and oxygen atoms in total. The van der Waals surface area contributed by atoms with Gasteiger partial charge in [0, 0.05) is 24.0 Å².